The van der Waals surface area contributed by atoms with E-state index in [1.165, 1.54) is 13.2 Å². The molecule has 8 heteroatoms. The summed E-state index contributed by atoms with van der Waals surface area (Å²) < 4.78 is 26.2. The minimum absolute atomic E-state index is 0.0891. The summed E-state index contributed by atoms with van der Waals surface area (Å²) in [6, 6.07) is 8.55. The summed E-state index contributed by atoms with van der Waals surface area (Å²) in [6.07, 6.45) is 6.95. The van der Waals surface area contributed by atoms with Gasteiger partial charge in [0.1, 0.15) is 5.82 Å². The molecule has 3 aromatic rings. The van der Waals surface area contributed by atoms with Gasteiger partial charge in [0.2, 0.25) is 0 Å². The fraction of sp³-hybridized carbons (Fsp3) is 0.400. The number of allylic oxidation sites excluding steroid dienone is 2. The topological polar surface area (TPSA) is 66.2 Å². The van der Waals surface area contributed by atoms with Crippen LogP contribution < -0.4 is 0 Å². The van der Waals surface area contributed by atoms with E-state index in [1.807, 2.05) is 12.1 Å². The van der Waals surface area contributed by atoms with Crippen LogP contribution in [0.25, 0.3) is 16.6 Å². The molecule has 0 amide bonds. The van der Waals surface area contributed by atoms with Crippen LogP contribution >= 0.6 is 11.6 Å². The average molecular weight is 470 g/mol. The van der Waals surface area contributed by atoms with Crippen molar-refractivity contribution in [2.75, 3.05) is 13.7 Å². The van der Waals surface area contributed by atoms with Crippen molar-refractivity contribution in [3.05, 3.63) is 64.5 Å². The minimum Gasteiger partial charge on any atom is -0.465 e. The first-order valence-corrected chi connectivity index (χ1v) is 11.6. The number of rotatable bonds is 6. The van der Waals surface area contributed by atoms with Crippen molar-refractivity contribution in [3.63, 3.8) is 0 Å². The van der Waals surface area contributed by atoms with Gasteiger partial charge in [0.05, 0.1) is 42.0 Å². The van der Waals surface area contributed by atoms with Crippen LogP contribution in [0.2, 0.25) is 5.15 Å². The second-order valence-corrected chi connectivity index (χ2v) is 9.02. The summed E-state index contributed by atoms with van der Waals surface area (Å²) in [5, 5.41) is -0.0891. The Labute approximate surface area is 196 Å². The lowest BCUT2D eigenvalue weighted by Gasteiger charge is -2.28. The first-order chi connectivity index (χ1) is 16.0. The van der Waals surface area contributed by atoms with E-state index in [-0.39, 0.29) is 17.2 Å². The molecule has 1 fully saturated rings. The van der Waals surface area contributed by atoms with Crippen molar-refractivity contribution in [1.82, 2.24) is 14.5 Å². The molecule has 0 N–H and O–H groups in total. The fourth-order valence-corrected chi connectivity index (χ4v) is 4.72. The molecular weight excluding hydrogens is 445 g/mol. The molecule has 3 heterocycles. The van der Waals surface area contributed by atoms with E-state index in [9.17, 15) is 9.18 Å². The molecule has 172 valence electrons. The minimum atomic E-state index is -0.501. The number of halogens is 2. The molecule has 2 aromatic heterocycles. The zero-order valence-electron chi connectivity index (χ0n) is 18.4. The lowest BCUT2D eigenvalue weighted by Crippen LogP contribution is -2.32. The summed E-state index contributed by atoms with van der Waals surface area (Å²) in [4.78, 5) is 21.1. The quantitative estimate of drug-likeness (QED) is 0.365. The van der Waals surface area contributed by atoms with E-state index in [4.69, 9.17) is 26.1 Å². The molecular formula is C25H25ClFN3O3. The van der Waals surface area contributed by atoms with E-state index >= 15 is 0 Å². The molecule has 1 unspecified atom stereocenters. The van der Waals surface area contributed by atoms with Crippen LogP contribution in [-0.2, 0) is 22.4 Å². The number of fused-ring (bicyclic) bond motifs is 1. The highest BCUT2D eigenvalue weighted by molar-refractivity contribution is 6.29. The van der Waals surface area contributed by atoms with E-state index in [1.54, 1.807) is 12.1 Å². The van der Waals surface area contributed by atoms with Crippen LogP contribution in [-0.4, -0.2) is 40.3 Å². The third kappa shape index (κ3) is 4.52. The first-order valence-electron chi connectivity index (χ1n) is 11.2. The number of ether oxygens (including phenoxy) is 2. The Morgan fingerprint density at radius 2 is 2.12 bits per heavy atom. The Morgan fingerprint density at radius 3 is 2.79 bits per heavy atom. The summed E-state index contributed by atoms with van der Waals surface area (Å²) in [5.41, 5.74) is 4.16. The average Bonchev–Trinajstić information content (AvgIpc) is 3.14. The van der Waals surface area contributed by atoms with Crippen LogP contribution in [0.5, 0.6) is 0 Å². The maximum absolute atomic E-state index is 13.4. The smallest absolute Gasteiger partial charge is 0.337 e. The molecule has 0 spiro atoms. The normalized spacial score (nSPS) is 20.4. The van der Waals surface area contributed by atoms with Gasteiger partial charge in [0.25, 0.3) is 0 Å². The zero-order chi connectivity index (χ0) is 22.9. The van der Waals surface area contributed by atoms with Gasteiger partial charge in [-0.3, -0.25) is 0 Å². The van der Waals surface area contributed by atoms with Gasteiger partial charge in [-0.25, -0.2) is 19.2 Å². The molecule has 0 bridgehead atoms. The number of pyridine rings is 1. The molecule has 1 aliphatic carbocycles. The van der Waals surface area contributed by atoms with Gasteiger partial charge in [-0.15, -0.1) is 0 Å². The highest BCUT2D eigenvalue weighted by Gasteiger charge is 2.25. The number of nitrogens with zero attached hydrogens (tertiary/aromatic N) is 3. The van der Waals surface area contributed by atoms with Crippen LogP contribution in [0, 0.1) is 11.7 Å². The predicted octanol–water partition coefficient (Wildman–Crippen LogP) is 5.23. The maximum Gasteiger partial charge on any atom is 0.337 e. The molecule has 2 aliphatic rings. The molecule has 5 rings (SSSR count). The van der Waals surface area contributed by atoms with E-state index in [0.717, 1.165) is 73.4 Å². The highest BCUT2D eigenvalue weighted by atomic mass is 35.5. The lowest BCUT2D eigenvalue weighted by molar-refractivity contribution is -0.0590. The number of hydrogen-bond acceptors (Lipinski definition) is 5. The summed E-state index contributed by atoms with van der Waals surface area (Å²) in [7, 11) is 1.39. The van der Waals surface area contributed by atoms with E-state index < -0.39 is 5.82 Å². The number of aromatic nitrogens is 3. The van der Waals surface area contributed by atoms with Crippen molar-refractivity contribution in [2.24, 2.45) is 5.92 Å². The predicted molar refractivity (Wildman–Crippen MR) is 124 cm³/mol. The summed E-state index contributed by atoms with van der Waals surface area (Å²) >= 11 is 5.86. The standard InChI is InChI=1S/C25H25ClFN3O3/c1-32-25(31)17-6-8-21-22(13-17)30(14-18-10-11-33-18)23(28-21)12-15-2-4-16(5-3-15)20-9-7-19(27)24(26)29-20/h4,6-9,13,15,18H,2-3,5,10-12,14H2,1H3/t15?,18-/m0/s1. The monoisotopic (exact) mass is 469 g/mol. The van der Waals surface area contributed by atoms with Crippen LogP contribution in [0.3, 0.4) is 0 Å². The number of carbonyl (C=O) groups is 1. The van der Waals surface area contributed by atoms with E-state index in [2.05, 4.69) is 15.6 Å². The second kappa shape index (κ2) is 9.23. The maximum atomic E-state index is 13.4. The van der Waals surface area contributed by atoms with Crippen LogP contribution in [0.1, 0.15) is 47.6 Å². The molecule has 1 saturated heterocycles. The highest BCUT2D eigenvalue weighted by Crippen LogP contribution is 2.33. The Balaban J connectivity index is 1.39. The van der Waals surface area contributed by atoms with Crippen molar-refractivity contribution in [3.8, 4) is 0 Å². The lowest BCUT2D eigenvalue weighted by atomic mass is 9.86. The molecule has 2 atom stereocenters. The Morgan fingerprint density at radius 1 is 1.27 bits per heavy atom. The number of hydrogen-bond donors (Lipinski definition) is 0. The third-order valence-corrected chi connectivity index (χ3v) is 6.82. The number of methoxy groups -OCH3 is 1. The largest absolute Gasteiger partial charge is 0.465 e. The first kappa shape index (κ1) is 22.0. The van der Waals surface area contributed by atoms with Crippen molar-refractivity contribution < 1.29 is 18.7 Å². The van der Waals surface area contributed by atoms with Gasteiger partial charge in [0.15, 0.2) is 11.0 Å². The van der Waals surface area contributed by atoms with Gasteiger partial charge in [-0.1, -0.05) is 17.7 Å². The van der Waals surface area contributed by atoms with Crippen molar-refractivity contribution in [2.45, 2.75) is 44.8 Å². The fourth-order valence-electron chi connectivity index (χ4n) is 4.57. The zero-order valence-corrected chi connectivity index (χ0v) is 19.1. The molecule has 1 aliphatic heterocycles. The SMILES string of the molecule is COC(=O)c1ccc2nc(CC3CC=C(c4ccc(F)c(Cl)n4)CC3)n(C[C@@H]3CCO3)c2c1. The molecule has 0 saturated carbocycles. The summed E-state index contributed by atoms with van der Waals surface area (Å²) in [6.45, 7) is 1.51. The van der Waals surface area contributed by atoms with Gasteiger partial charge in [0, 0.05) is 13.0 Å². The Kier molecular flexibility index (Phi) is 6.17. The van der Waals surface area contributed by atoms with E-state index in [0.29, 0.717) is 11.5 Å². The number of esters is 1. The second-order valence-electron chi connectivity index (χ2n) is 8.66. The molecule has 0 radical (unpaired) electrons. The van der Waals surface area contributed by atoms with Gasteiger partial charge >= 0.3 is 5.97 Å². The number of carbonyl (C=O) groups excluding carboxylic acids is 1. The third-order valence-electron chi connectivity index (χ3n) is 6.55. The van der Waals surface area contributed by atoms with Crippen molar-refractivity contribution >= 4 is 34.2 Å². The summed E-state index contributed by atoms with van der Waals surface area (Å²) in [5.74, 6) is 0.583. The number of imidazole rings is 1. The Hall–Kier alpha value is -2.77. The van der Waals surface area contributed by atoms with Gasteiger partial charge < -0.3 is 14.0 Å². The van der Waals surface area contributed by atoms with Crippen LogP contribution in [0.4, 0.5) is 4.39 Å². The number of benzene rings is 1. The van der Waals surface area contributed by atoms with Crippen LogP contribution in [0.15, 0.2) is 36.4 Å². The molecule has 1 aromatic carbocycles. The molecule has 6 nitrogen and oxygen atoms in total. The Bertz CT molecular complexity index is 1240. The molecule has 33 heavy (non-hydrogen) atoms. The van der Waals surface area contributed by atoms with Gasteiger partial charge in [-0.2, -0.15) is 0 Å². The van der Waals surface area contributed by atoms with Gasteiger partial charge in [-0.05, 0) is 67.5 Å². The van der Waals surface area contributed by atoms with Crippen molar-refractivity contribution in [1.29, 1.82) is 0 Å².